The summed E-state index contributed by atoms with van der Waals surface area (Å²) in [5.41, 5.74) is -0.604. The van der Waals surface area contributed by atoms with Gasteiger partial charge in [-0.25, -0.2) is 0 Å². The Morgan fingerprint density at radius 2 is 2.29 bits per heavy atom. The number of aliphatic hydroxyl groups is 1. The van der Waals surface area contributed by atoms with Gasteiger partial charge in [0.2, 0.25) is 0 Å². The summed E-state index contributed by atoms with van der Waals surface area (Å²) in [6, 6.07) is 3.34. The lowest BCUT2D eigenvalue weighted by molar-refractivity contribution is 0.0873. The van der Waals surface area contributed by atoms with Crippen molar-refractivity contribution in [2.24, 2.45) is 0 Å². The summed E-state index contributed by atoms with van der Waals surface area (Å²) in [5.74, 6) is -0.207. The topological polar surface area (TPSA) is 49.3 Å². The predicted molar refractivity (Wildman–Crippen MR) is 58.0 cm³/mol. The maximum absolute atomic E-state index is 11.6. The van der Waals surface area contributed by atoms with Gasteiger partial charge in [0, 0.05) is 0 Å². The number of aliphatic hydroxyl groups excluding tert-OH is 1. The Bertz CT molecular complexity index is 335. The first-order valence-corrected chi connectivity index (χ1v) is 5.33. The molecule has 78 valence electrons. The van der Waals surface area contributed by atoms with Crippen molar-refractivity contribution in [2.45, 2.75) is 19.4 Å². The number of thiophene rings is 1. The van der Waals surface area contributed by atoms with Gasteiger partial charge in [0.15, 0.2) is 0 Å². The minimum atomic E-state index is -0.604. The minimum absolute atomic E-state index is 0.0994. The quantitative estimate of drug-likeness (QED) is 0.838. The minimum Gasteiger partial charge on any atom is -0.394 e. The summed E-state index contributed by atoms with van der Waals surface area (Å²) in [5, 5.41) is 11.7. The lowest BCUT2D eigenvalue weighted by Crippen LogP contribution is -2.46. The monoisotopic (exact) mass is 233 g/mol. The van der Waals surface area contributed by atoms with Crippen LogP contribution in [0.2, 0.25) is 4.34 Å². The highest BCUT2D eigenvalue weighted by Gasteiger charge is 2.20. The van der Waals surface area contributed by atoms with Gasteiger partial charge in [-0.2, -0.15) is 0 Å². The summed E-state index contributed by atoms with van der Waals surface area (Å²) in [6.07, 6.45) is 0. The fourth-order valence-corrected chi connectivity index (χ4v) is 1.78. The number of carbonyl (C=O) groups excluding carboxylic acids is 1. The highest BCUT2D eigenvalue weighted by molar-refractivity contribution is 7.17. The van der Waals surface area contributed by atoms with Crippen LogP contribution in [0, 0.1) is 0 Å². The van der Waals surface area contributed by atoms with Crippen LogP contribution in [0.25, 0.3) is 0 Å². The third-order valence-corrected chi connectivity index (χ3v) is 2.87. The molecule has 0 aromatic carbocycles. The zero-order valence-corrected chi connectivity index (χ0v) is 9.58. The summed E-state index contributed by atoms with van der Waals surface area (Å²) in [4.78, 5) is 12.1. The van der Waals surface area contributed by atoms with Crippen molar-refractivity contribution < 1.29 is 9.90 Å². The predicted octanol–water partition coefficient (Wildman–Crippen LogP) is 1.90. The van der Waals surface area contributed by atoms with Crippen LogP contribution in [0.4, 0.5) is 0 Å². The third kappa shape index (κ3) is 2.97. The molecule has 0 saturated carbocycles. The molecule has 14 heavy (non-hydrogen) atoms. The fraction of sp³-hybridized carbons (Fsp3) is 0.444. The number of hydrogen-bond donors (Lipinski definition) is 2. The Labute approximate surface area is 91.7 Å². The SMILES string of the molecule is CC(C)(CO)NC(=O)c1ccc(Cl)s1. The number of halogens is 1. The average molecular weight is 234 g/mol. The van der Waals surface area contributed by atoms with Crippen molar-refractivity contribution in [1.29, 1.82) is 0 Å². The molecule has 0 fully saturated rings. The Kier molecular flexibility index (Phi) is 3.53. The van der Waals surface area contributed by atoms with E-state index in [1.165, 1.54) is 11.3 Å². The molecule has 0 spiro atoms. The van der Waals surface area contributed by atoms with E-state index in [0.717, 1.165) is 0 Å². The van der Waals surface area contributed by atoms with E-state index >= 15 is 0 Å². The molecule has 0 aliphatic carbocycles. The zero-order valence-electron chi connectivity index (χ0n) is 8.00. The summed E-state index contributed by atoms with van der Waals surface area (Å²) in [7, 11) is 0. The molecule has 1 rings (SSSR count). The summed E-state index contributed by atoms with van der Waals surface area (Å²) < 4.78 is 0.581. The number of hydrogen-bond acceptors (Lipinski definition) is 3. The molecular weight excluding hydrogens is 222 g/mol. The molecule has 1 amide bonds. The van der Waals surface area contributed by atoms with Crippen molar-refractivity contribution in [1.82, 2.24) is 5.32 Å². The van der Waals surface area contributed by atoms with Gasteiger partial charge < -0.3 is 10.4 Å². The normalized spacial score (nSPS) is 11.4. The average Bonchev–Trinajstić information content (AvgIpc) is 2.51. The molecule has 0 aliphatic rings. The second kappa shape index (κ2) is 4.29. The van der Waals surface area contributed by atoms with E-state index in [2.05, 4.69) is 5.32 Å². The molecule has 0 atom stereocenters. The van der Waals surface area contributed by atoms with Crippen LogP contribution in [0.15, 0.2) is 12.1 Å². The first kappa shape index (κ1) is 11.5. The first-order chi connectivity index (χ1) is 6.44. The van der Waals surface area contributed by atoms with Crippen LogP contribution in [0.5, 0.6) is 0 Å². The van der Waals surface area contributed by atoms with Crippen molar-refractivity contribution in [2.75, 3.05) is 6.61 Å². The van der Waals surface area contributed by atoms with Crippen molar-refractivity contribution >= 4 is 28.8 Å². The number of nitrogens with one attached hydrogen (secondary N) is 1. The highest BCUT2D eigenvalue weighted by Crippen LogP contribution is 2.21. The van der Waals surface area contributed by atoms with E-state index in [9.17, 15) is 4.79 Å². The molecule has 0 radical (unpaired) electrons. The van der Waals surface area contributed by atoms with Crippen LogP contribution >= 0.6 is 22.9 Å². The third-order valence-electron chi connectivity index (χ3n) is 1.64. The first-order valence-electron chi connectivity index (χ1n) is 4.13. The molecule has 5 heteroatoms. The second-order valence-corrected chi connectivity index (χ2v) is 5.31. The maximum Gasteiger partial charge on any atom is 0.261 e. The Morgan fingerprint density at radius 1 is 1.64 bits per heavy atom. The van der Waals surface area contributed by atoms with Gasteiger partial charge in [-0.3, -0.25) is 4.79 Å². The molecule has 0 saturated heterocycles. The Morgan fingerprint density at radius 3 is 2.71 bits per heavy atom. The van der Waals surface area contributed by atoms with E-state index in [-0.39, 0.29) is 12.5 Å². The standard InChI is InChI=1S/C9H12ClNO2S/c1-9(2,5-12)11-8(13)6-3-4-7(10)14-6/h3-4,12H,5H2,1-2H3,(H,11,13). The van der Waals surface area contributed by atoms with E-state index in [1.54, 1.807) is 26.0 Å². The van der Waals surface area contributed by atoms with Gasteiger partial charge in [-0.05, 0) is 26.0 Å². The van der Waals surface area contributed by atoms with Crippen molar-refractivity contribution in [3.8, 4) is 0 Å². The van der Waals surface area contributed by atoms with E-state index in [4.69, 9.17) is 16.7 Å². The molecule has 1 aromatic heterocycles. The lowest BCUT2D eigenvalue weighted by Gasteiger charge is -2.22. The number of amides is 1. The van der Waals surface area contributed by atoms with Crippen LogP contribution in [-0.2, 0) is 0 Å². The molecule has 0 unspecified atom stereocenters. The molecule has 1 aromatic rings. The van der Waals surface area contributed by atoms with Gasteiger partial charge in [-0.1, -0.05) is 11.6 Å². The van der Waals surface area contributed by atoms with Gasteiger partial charge in [0.25, 0.3) is 5.91 Å². The fourth-order valence-electron chi connectivity index (χ4n) is 0.845. The molecule has 2 N–H and O–H groups in total. The van der Waals surface area contributed by atoms with Crippen LogP contribution in [0.3, 0.4) is 0 Å². The van der Waals surface area contributed by atoms with Crippen LogP contribution < -0.4 is 5.32 Å². The molecule has 3 nitrogen and oxygen atoms in total. The molecule has 1 heterocycles. The van der Waals surface area contributed by atoms with Gasteiger partial charge in [0.1, 0.15) is 0 Å². The van der Waals surface area contributed by atoms with Gasteiger partial charge in [-0.15, -0.1) is 11.3 Å². The van der Waals surface area contributed by atoms with E-state index < -0.39 is 5.54 Å². The largest absolute Gasteiger partial charge is 0.394 e. The maximum atomic E-state index is 11.6. The Hall–Kier alpha value is -0.580. The highest BCUT2D eigenvalue weighted by atomic mass is 35.5. The molecule has 0 aliphatic heterocycles. The smallest absolute Gasteiger partial charge is 0.261 e. The Balaban J connectivity index is 2.68. The van der Waals surface area contributed by atoms with E-state index in [0.29, 0.717) is 9.21 Å². The summed E-state index contributed by atoms with van der Waals surface area (Å²) in [6.45, 7) is 3.40. The van der Waals surface area contributed by atoms with E-state index in [1.807, 2.05) is 0 Å². The second-order valence-electron chi connectivity index (χ2n) is 3.60. The van der Waals surface area contributed by atoms with Crippen LogP contribution in [-0.4, -0.2) is 23.2 Å². The van der Waals surface area contributed by atoms with Crippen LogP contribution in [0.1, 0.15) is 23.5 Å². The van der Waals surface area contributed by atoms with Crippen molar-refractivity contribution in [3.05, 3.63) is 21.3 Å². The zero-order chi connectivity index (χ0) is 10.8. The molecule has 0 bridgehead atoms. The summed E-state index contributed by atoms with van der Waals surface area (Å²) >= 11 is 6.92. The number of carbonyl (C=O) groups is 1. The van der Waals surface area contributed by atoms with Gasteiger partial charge >= 0.3 is 0 Å². The molecular formula is C9H12ClNO2S. The van der Waals surface area contributed by atoms with Crippen molar-refractivity contribution in [3.63, 3.8) is 0 Å². The van der Waals surface area contributed by atoms with Gasteiger partial charge in [0.05, 0.1) is 21.4 Å². The number of rotatable bonds is 3. The lowest BCUT2D eigenvalue weighted by atomic mass is 10.1.